The van der Waals surface area contributed by atoms with Crippen LogP contribution in [0.15, 0.2) is 12.1 Å². The number of carboxylic acids is 1. The topological polar surface area (TPSA) is 101 Å². The van der Waals surface area contributed by atoms with Crippen LogP contribution in [0, 0.1) is 5.41 Å². The van der Waals surface area contributed by atoms with Crippen molar-refractivity contribution in [3.8, 4) is 0 Å². The van der Waals surface area contributed by atoms with E-state index in [1.54, 1.807) is 0 Å². The van der Waals surface area contributed by atoms with Crippen molar-refractivity contribution in [1.82, 2.24) is 10.3 Å². The van der Waals surface area contributed by atoms with Gasteiger partial charge in [-0.05, 0) is 57.1 Å². The Bertz CT molecular complexity index is 731. The number of carbonyl (C=O) groups is 2. The van der Waals surface area contributed by atoms with Crippen molar-refractivity contribution in [2.75, 3.05) is 25.1 Å². The van der Waals surface area contributed by atoms with Gasteiger partial charge in [-0.25, -0.2) is 9.78 Å². The molecule has 1 aromatic heterocycles. The summed E-state index contributed by atoms with van der Waals surface area (Å²) in [7, 11) is 0. The molecule has 1 amide bonds. The van der Waals surface area contributed by atoms with Gasteiger partial charge in [-0.1, -0.05) is 31.7 Å². The van der Waals surface area contributed by atoms with Gasteiger partial charge in [-0.15, -0.1) is 0 Å². The third-order valence-corrected chi connectivity index (χ3v) is 6.25. The van der Waals surface area contributed by atoms with Gasteiger partial charge in [0.25, 0.3) is 0 Å². The second kappa shape index (κ2) is 10.8. The highest BCUT2D eigenvalue weighted by molar-refractivity contribution is 5.87. The van der Waals surface area contributed by atoms with Crippen LogP contribution in [-0.2, 0) is 27.2 Å². The first kappa shape index (κ1) is 22.5. The van der Waals surface area contributed by atoms with Gasteiger partial charge in [0, 0.05) is 18.8 Å². The number of aromatic nitrogens is 1. The zero-order valence-corrected chi connectivity index (χ0v) is 18.0. The summed E-state index contributed by atoms with van der Waals surface area (Å²) in [6.07, 6.45) is 9.39. The molecule has 1 unspecified atom stereocenters. The molecule has 7 nitrogen and oxygen atoms in total. The number of pyridine rings is 1. The first-order chi connectivity index (χ1) is 14.5. The molecule has 0 radical (unpaired) electrons. The Morgan fingerprint density at radius 1 is 1.27 bits per heavy atom. The van der Waals surface area contributed by atoms with E-state index in [1.807, 2.05) is 6.92 Å². The lowest BCUT2D eigenvalue weighted by Crippen LogP contribution is -2.47. The monoisotopic (exact) mass is 417 g/mol. The highest BCUT2D eigenvalue weighted by Crippen LogP contribution is 2.28. The highest BCUT2D eigenvalue weighted by atomic mass is 16.5. The van der Waals surface area contributed by atoms with Gasteiger partial charge in [-0.3, -0.25) is 4.79 Å². The van der Waals surface area contributed by atoms with Crippen LogP contribution in [0.3, 0.4) is 0 Å². The van der Waals surface area contributed by atoms with Crippen LogP contribution in [-0.4, -0.2) is 47.8 Å². The van der Waals surface area contributed by atoms with Crippen molar-refractivity contribution >= 4 is 17.7 Å². The van der Waals surface area contributed by atoms with Crippen molar-refractivity contribution in [3.05, 3.63) is 23.4 Å². The number of aryl methyl sites for hydroxylation is 2. The van der Waals surface area contributed by atoms with E-state index in [0.29, 0.717) is 26.1 Å². The van der Waals surface area contributed by atoms with E-state index >= 15 is 0 Å². The third-order valence-electron chi connectivity index (χ3n) is 6.25. The van der Waals surface area contributed by atoms with E-state index in [-0.39, 0.29) is 5.91 Å². The summed E-state index contributed by atoms with van der Waals surface area (Å²) in [5.74, 6) is -0.115. The van der Waals surface area contributed by atoms with E-state index in [1.165, 1.54) is 12.0 Å². The number of carbonyl (C=O) groups excluding carboxylic acids is 1. The predicted octanol–water partition coefficient (Wildman–Crippen LogP) is 3.32. The fourth-order valence-electron chi connectivity index (χ4n) is 4.13. The number of hydrogen-bond donors (Lipinski definition) is 3. The van der Waals surface area contributed by atoms with Crippen molar-refractivity contribution in [3.63, 3.8) is 0 Å². The molecule has 1 fully saturated rings. The minimum absolute atomic E-state index is 0.209. The van der Waals surface area contributed by atoms with Crippen LogP contribution in [0.2, 0.25) is 0 Å². The van der Waals surface area contributed by atoms with Gasteiger partial charge in [0.2, 0.25) is 5.91 Å². The smallest absolute Gasteiger partial charge is 0.326 e. The van der Waals surface area contributed by atoms with Gasteiger partial charge >= 0.3 is 5.97 Å². The van der Waals surface area contributed by atoms with Crippen LogP contribution in [0.4, 0.5) is 5.82 Å². The molecule has 2 atom stereocenters. The molecule has 0 aliphatic carbocycles. The molecule has 7 heteroatoms. The van der Waals surface area contributed by atoms with Crippen molar-refractivity contribution in [2.24, 2.45) is 5.41 Å². The Kier molecular flexibility index (Phi) is 8.08. The fraction of sp³-hybridized carbons (Fsp3) is 0.696. The summed E-state index contributed by atoms with van der Waals surface area (Å²) in [5.41, 5.74) is 1.86. The summed E-state index contributed by atoms with van der Waals surface area (Å²) >= 11 is 0. The molecule has 0 bridgehead atoms. The average Bonchev–Trinajstić information content (AvgIpc) is 3.19. The number of anilines is 1. The Hall–Kier alpha value is -2.15. The highest BCUT2D eigenvalue weighted by Gasteiger charge is 2.39. The zero-order valence-electron chi connectivity index (χ0n) is 18.0. The maximum absolute atomic E-state index is 12.4. The van der Waals surface area contributed by atoms with E-state index in [2.05, 4.69) is 22.8 Å². The number of carboxylic acid groups (broad SMARTS) is 1. The fourth-order valence-corrected chi connectivity index (χ4v) is 4.13. The molecule has 3 N–H and O–H groups in total. The number of unbranched alkanes of at least 4 members (excludes halogenated alkanes) is 4. The lowest BCUT2D eigenvalue weighted by atomic mass is 9.88. The molecule has 30 heavy (non-hydrogen) atoms. The number of aliphatic carboxylic acids is 1. The lowest BCUT2D eigenvalue weighted by molar-refractivity contribution is -0.144. The molecular formula is C23H35N3O4. The van der Waals surface area contributed by atoms with Gasteiger partial charge < -0.3 is 20.5 Å². The predicted molar refractivity (Wildman–Crippen MR) is 116 cm³/mol. The van der Waals surface area contributed by atoms with Crippen molar-refractivity contribution < 1.29 is 19.4 Å². The summed E-state index contributed by atoms with van der Waals surface area (Å²) in [6, 6.07) is 3.52. The normalized spacial score (nSPS) is 21.5. The Labute approximate surface area is 179 Å². The van der Waals surface area contributed by atoms with E-state index in [9.17, 15) is 14.7 Å². The number of nitrogens with zero attached hydrogens (tertiary/aromatic N) is 1. The first-order valence-electron chi connectivity index (χ1n) is 11.3. The van der Waals surface area contributed by atoms with E-state index in [4.69, 9.17) is 9.72 Å². The number of nitrogens with one attached hydrogen (secondary N) is 2. The van der Waals surface area contributed by atoms with E-state index < -0.39 is 17.4 Å². The number of hydrogen-bond acceptors (Lipinski definition) is 5. The third kappa shape index (κ3) is 6.17. The zero-order chi connectivity index (χ0) is 21.4. The number of fused-ring (bicyclic) bond motifs is 1. The quantitative estimate of drug-likeness (QED) is 0.478. The summed E-state index contributed by atoms with van der Waals surface area (Å²) in [5, 5.41) is 15.5. The largest absolute Gasteiger partial charge is 0.480 e. The molecule has 0 spiro atoms. The number of rotatable bonds is 11. The molecule has 2 aliphatic rings. The molecule has 2 aliphatic heterocycles. The van der Waals surface area contributed by atoms with Crippen molar-refractivity contribution in [1.29, 1.82) is 0 Å². The van der Waals surface area contributed by atoms with E-state index in [0.717, 1.165) is 63.0 Å². The van der Waals surface area contributed by atoms with Gasteiger partial charge in [0.15, 0.2) is 0 Å². The van der Waals surface area contributed by atoms with Crippen molar-refractivity contribution in [2.45, 2.75) is 77.2 Å². The van der Waals surface area contributed by atoms with Crippen LogP contribution >= 0.6 is 0 Å². The molecule has 0 saturated carbocycles. The maximum atomic E-state index is 12.4. The molecule has 3 heterocycles. The lowest BCUT2D eigenvalue weighted by Gasteiger charge is -2.23. The maximum Gasteiger partial charge on any atom is 0.326 e. The Morgan fingerprint density at radius 3 is 2.83 bits per heavy atom. The molecule has 1 aromatic rings. The average molecular weight is 418 g/mol. The molecule has 1 saturated heterocycles. The summed E-state index contributed by atoms with van der Waals surface area (Å²) < 4.78 is 5.30. The minimum Gasteiger partial charge on any atom is -0.480 e. The first-order valence-corrected chi connectivity index (χ1v) is 11.3. The van der Waals surface area contributed by atoms with Crippen LogP contribution in [0.5, 0.6) is 0 Å². The Balaban J connectivity index is 1.30. The SMILES string of the molecule is C[C@]1(C(=O)NC(CCCCCCCc2ccc3c(n2)NCCC3)C(=O)O)CCOC1. The number of ether oxygens (including phenoxy) is 1. The summed E-state index contributed by atoms with van der Waals surface area (Å²) in [6.45, 7) is 3.76. The molecule has 3 rings (SSSR count). The second-order valence-electron chi connectivity index (χ2n) is 8.87. The van der Waals surface area contributed by atoms with Crippen LogP contribution in [0.1, 0.15) is 69.5 Å². The van der Waals surface area contributed by atoms with Gasteiger partial charge in [-0.2, -0.15) is 0 Å². The molecule has 166 valence electrons. The minimum atomic E-state index is -0.960. The van der Waals surface area contributed by atoms with Crippen LogP contribution < -0.4 is 10.6 Å². The van der Waals surface area contributed by atoms with Gasteiger partial charge in [0.05, 0.1) is 12.0 Å². The van der Waals surface area contributed by atoms with Gasteiger partial charge in [0.1, 0.15) is 11.9 Å². The second-order valence-corrected chi connectivity index (χ2v) is 8.87. The standard InChI is InChI=1S/C23H35N3O4/c1-23(13-15-30-16-23)22(29)26-19(21(27)28)10-6-4-2-3-5-9-18-12-11-17-8-7-14-24-20(17)25-18/h11-12,19H,2-10,13-16H2,1H3,(H,24,25)(H,26,29)(H,27,28)/t19?,23-/m0/s1. The number of amides is 1. The van der Waals surface area contributed by atoms with Crippen LogP contribution in [0.25, 0.3) is 0 Å². The molecule has 0 aromatic carbocycles. The summed E-state index contributed by atoms with van der Waals surface area (Å²) in [4.78, 5) is 28.7. The Morgan fingerprint density at radius 2 is 2.07 bits per heavy atom. The molecular weight excluding hydrogens is 382 g/mol.